The molecule has 0 saturated carbocycles. The minimum Gasteiger partial charge on any atom is 4.00 e. The summed E-state index contributed by atoms with van der Waals surface area (Å²) in [4.78, 5) is 0. The number of hydrogen-bond acceptors (Lipinski definition) is 12. The van der Waals surface area contributed by atoms with Gasteiger partial charge in [-0.2, -0.15) is 0 Å². The van der Waals surface area contributed by atoms with Crippen LogP contribution in [0.5, 0.6) is 0 Å². The Morgan fingerprint density at radius 3 is 0.400 bits per heavy atom. The smallest absolute Gasteiger partial charge is 4.00 e. The minimum absolute atomic E-state index is 0. The Morgan fingerprint density at radius 1 is 0.400 bits per heavy atom. The van der Waals surface area contributed by atoms with Crippen LogP contribution in [-0.4, -0.2) is 142 Å². The molecular formula is Al6BaO12Ru. The van der Waals surface area contributed by atoms with Crippen LogP contribution >= 0.6 is 0 Å². The number of rotatable bonds is 0. The van der Waals surface area contributed by atoms with E-state index in [-0.39, 0.29) is 68.4 Å². The molecule has 0 spiro atoms. The summed E-state index contributed by atoms with van der Waals surface area (Å²) in [6, 6.07) is 0. The zero-order valence-electron chi connectivity index (χ0n) is 9.42. The van der Waals surface area contributed by atoms with Crippen molar-refractivity contribution < 1.29 is 67.2 Å². The molecule has 12 nitrogen and oxygen atoms in total. The molecule has 0 rings (SSSR count). The van der Waals surface area contributed by atoms with Gasteiger partial charge in [-0.05, 0) is 0 Å². The van der Waals surface area contributed by atoms with Crippen molar-refractivity contribution in [2.75, 3.05) is 0 Å². The van der Waals surface area contributed by atoms with E-state index in [0.717, 1.165) is 0 Å². The molecule has 0 unspecified atom stereocenters. The fourth-order valence-electron chi connectivity index (χ4n) is 0. The van der Waals surface area contributed by atoms with Crippen LogP contribution in [0.15, 0.2) is 0 Å². The third-order valence-electron chi connectivity index (χ3n) is 0. The third-order valence-corrected chi connectivity index (χ3v) is 0. The Balaban J connectivity index is -0.0000000141. The molecule has 0 aromatic carbocycles. The molecule has 20 heteroatoms. The zero-order chi connectivity index (χ0) is 16.2. The normalized spacial score (nSPS) is 2.40. The average molecular weight is 592 g/mol. The zero-order valence-corrected chi connectivity index (χ0v) is 22.5. The second-order valence-corrected chi connectivity index (χ2v) is 1.73. The molecule has 0 fully saturated rings. The predicted molar refractivity (Wildman–Crippen MR) is 44.4 cm³/mol. The topological polar surface area (TPSA) is 241 Å². The van der Waals surface area contributed by atoms with E-state index in [4.69, 9.17) is 47.8 Å². The van der Waals surface area contributed by atoms with Gasteiger partial charge in [0.25, 0.3) is 0 Å². The fraction of sp³-hybridized carbons (Fsp3) is 0. The molecular weight excluding hydrogens is 592 g/mol. The Morgan fingerprint density at radius 2 is 0.400 bits per heavy atom. The fourth-order valence-corrected chi connectivity index (χ4v) is 0. The van der Waals surface area contributed by atoms with Gasteiger partial charge < -0.3 is 0 Å². The van der Waals surface area contributed by atoms with E-state index < -0.39 is 92.9 Å². The van der Waals surface area contributed by atoms with Crippen LogP contribution in [0.2, 0.25) is 0 Å². The summed E-state index contributed by atoms with van der Waals surface area (Å²) in [5, 5.41) is 0. The third kappa shape index (κ3) is 938. The second-order valence-electron chi connectivity index (χ2n) is 0.577. The van der Waals surface area contributed by atoms with Crippen molar-refractivity contribution in [1.29, 1.82) is 0 Å². The summed E-state index contributed by atoms with van der Waals surface area (Å²) >= 11 is -10.5. The quantitative estimate of drug-likeness (QED) is 0.238. The monoisotopic (exact) mass is 594 g/mol. The molecule has 0 radical (unpaired) electrons. The van der Waals surface area contributed by atoms with E-state index >= 15 is 0 Å². The van der Waals surface area contributed by atoms with E-state index in [1.807, 2.05) is 0 Å². The summed E-state index contributed by atoms with van der Waals surface area (Å²) < 4.78 is 101. The molecule has 0 N–H and O–H groups in total. The maximum Gasteiger partial charge on any atom is 4.00 e. The van der Waals surface area contributed by atoms with E-state index in [2.05, 4.69) is 0 Å². The van der Waals surface area contributed by atoms with Gasteiger partial charge in [0.15, 0.2) is 0 Å². The Bertz CT molecular complexity index is 119. The summed E-state index contributed by atoms with van der Waals surface area (Å²) in [6.07, 6.45) is 0. The number of hydrogen-bond donors (Lipinski definition) is 0. The molecule has 100 valence electrons. The molecule has 0 aliphatic rings. The van der Waals surface area contributed by atoms with Crippen LogP contribution in [0.1, 0.15) is 0 Å². The summed E-state index contributed by atoms with van der Waals surface area (Å²) in [7, 11) is 0. The second kappa shape index (κ2) is 120. The molecule has 0 amide bonds. The Kier molecular flexibility index (Phi) is 297. The van der Waals surface area contributed by atoms with Gasteiger partial charge in [0, 0.05) is 0 Å². The average Bonchev–Trinajstić information content (AvgIpc) is 2.23. The van der Waals surface area contributed by atoms with Crippen molar-refractivity contribution >= 4 is 142 Å². The van der Waals surface area contributed by atoms with Crippen LogP contribution in [-0.2, 0) is 42.3 Å². The van der Waals surface area contributed by atoms with Crippen molar-refractivity contribution in [3.05, 3.63) is 0 Å². The van der Waals surface area contributed by atoms with Gasteiger partial charge in [0.1, 0.15) is 0 Å². The van der Waals surface area contributed by atoms with Crippen molar-refractivity contribution in [1.82, 2.24) is 0 Å². The molecule has 0 atom stereocenters. The summed E-state index contributed by atoms with van der Waals surface area (Å²) in [6.45, 7) is 0. The molecule has 0 bridgehead atoms. The standard InChI is InChI=1S/6Al.Ba.12O.Ru/q;;;;;;+2;;;;;;;6*-1;+4. The first-order chi connectivity index (χ1) is 8.49. The molecule has 0 aromatic rings. The Hall–Kier alpha value is 2.99. The minimum atomic E-state index is -1.75. The predicted octanol–water partition coefficient (Wildman–Crippen LogP) is -10.5. The van der Waals surface area contributed by atoms with E-state index in [9.17, 15) is 0 Å². The van der Waals surface area contributed by atoms with Gasteiger partial charge in [-0.25, -0.2) is 0 Å². The summed E-state index contributed by atoms with van der Waals surface area (Å²) in [5.41, 5.74) is 0. The SMILES string of the molecule is [Ba+2].[O]=[Al][O-].[O]=[Al][O-].[O]=[Al][O-].[O]=[Al][O-].[O]=[Al][O-].[O]=[Al][O-].[Ru+4]. The largest absolute Gasteiger partial charge is 4.00 e. The first-order valence-electron chi connectivity index (χ1n) is 2.83. The molecule has 20 heavy (non-hydrogen) atoms. The van der Waals surface area contributed by atoms with E-state index in [1.165, 1.54) is 0 Å². The van der Waals surface area contributed by atoms with Crippen LogP contribution in [0.25, 0.3) is 0 Å². The van der Waals surface area contributed by atoms with Crippen molar-refractivity contribution in [2.45, 2.75) is 0 Å². The van der Waals surface area contributed by atoms with Crippen molar-refractivity contribution in [2.24, 2.45) is 0 Å². The molecule has 0 aliphatic heterocycles. The molecule has 0 aromatic heterocycles. The Labute approximate surface area is 205 Å². The van der Waals surface area contributed by atoms with E-state index in [1.54, 1.807) is 0 Å². The molecule has 0 aliphatic carbocycles. The summed E-state index contributed by atoms with van der Waals surface area (Å²) in [5.74, 6) is 0. The van der Waals surface area contributed by atoms with E-state index in [0.29, 0.717) is 0 Å². The van der Waals surface area contributed by atoms with Crippen molar-refractivity contribution in [3.63, 3.8) is 0 Å². The van der Waals surface area contributed by atoms with Gasteiger partial charge in [-0.1, -0.05) is 0 Å². The van der Waals surface area contributed by atoms with Gasteiger partial charge in [0.05, 0.1) is 0 Å². The van der Waals surface area contributed by atoms with Crippen molar-refractivity contribution in [3.8, 4) is 0 Å². The van der Waals surface area contributed by atoms with Gasteiger partial charge in [-0.15, -0.1) is 0 Å². The van der Waals surface area contributed by atoms with Gasteiger partial charge in [0.2, 0.25) is 0 Å². The van der Waals surface area contributed by atoms with Crippen LogP contribution in [0.4, 0.5) is 0 Å². The van der Waals surface area contributed by atoms with Crippen LogP contribution < -0.4 is 24.9 Å². The first kappa shape index (κ1) is 49.5. The van der Waals surface area contributed by atoms with Gasteiger partial charge in [-0.3, -0.25) is 0 Å². The molecule has 0 heterocycles. The maximum absolute atomic E-state index is 8.46. The van der Waals surface area contributed by atoms with Gasteiger partial charge >= 0.3 is 209 Å². The van der Waals surface area contributed by atoms with Crippen LogP contribution in [0, 0.1) is 0 Å². The molecule has 0 saturated heterocycles. The van der Waals surface area contributed by atoms with Crippen LogP contribution in [0.3, 0.4) is 0 Å². The first-order valence-corrected chi connectivity index (χ1v) is 8.49. The maximum atomic E-state index is 8.46.